The van der Waals surface area contributed by atoms with Crippen molar-refractivity contribution in [1.29, 1.82) is 0 Å². The number of nitrogens with one attached hydrogen (secondary N) is 1. The van der Waals surface area contributed by atoms with E-state index in [-0.39, 0.29) is 30.5 Å². The fraction of sp³-hybridized carbons (Fsp3) is 0.286. The third kappa shape index (κ3) is 7.97. The molecule has 0 saturated heterocycles. The van der Waals surface area contributed by atoms with E-state index in [4.69, 9.17) is 27.9 Å². The predicted molar refractivity (Wildman–Crippen MR) is 141 cm³/mol. The summed E-state index contributed by atoms with van der Waals surface area (Å²) in [5.74, 6) is -1.17. The molecule has 1 N–H and O–H groups in total. The Morgan fingerprint density at radius 3 is 2.36 bits per heavy atom. The summed E-state index contributed by atoms with van der Waals surface area (Å²) < 4.78 is 19.6. The highest BCUT2D eigenvalue weighted by molar-refractivity contribution is 6.35. The predicted octanol–water partition coefficient (Wildman–Crippen LogP) is 5.92. The van der Waals surface area contributed by atoms with Gasteiger partial charge in [0.05, 0.1) is 0 Å². The first-order chi connectivity index (χ1) is 17.2. The summed E-state index contributed by atoms with van der Waals surface area (Å²) in [4.78, 5) is 28.3. The Morgan fingerprint density at radius 2 is 1.69 bits per heavy atom. The van der Waals surface area contributed by atoms with Gasteiger partial charge in [0, 0.05) is 29.6 Å². The van der Waals surface area contributed by atoms with Gasteiger partial charge in [0.15, 0.2) is 18.2 Å². The van der Waals surface area contributed by atoms with Crippen LogP contribution in [0.4, 0.5) is 4.39 Å². The van der Waals surface area contributed by atoms with E-state index in [9.17, 15) is 14.0 Å². The number of rotatable bonds is 11. The van der Waals surface area contributed by atoms with Crippen LogP contribution in [0, 0.1) is 11.7 Å². The van der Waals surface area contributed by atoms with E-state index in [1.807, 2.05) is 44.2 Å². The maximum Gasteiger partial charge on any atom is 0.261 e. The molecule has 0 spiro atoms. The number of carbonyl (C=O) groups excluding carboxylic acids is 2. The van der Waals surface area contributed by atoms with Crippen molar-refractivity contribution in [3.63, 3.8) is 0 Å². The van der Waals surface area contributed by atoms with Crippen molar-refractivity contribution in [2.75, 3.05) is 13.2 Å². The fourth-order valence-electron chi connectivity index (χ4n) is 3.59. The highest BCUT2D eigenvalue weighted by atomic mass is 35.5. The molecule has 3 aromatic carbocycles. The standard InChI is InChI=1S/C28H29Cl2FN2O3/c1-19(2)16-32-28(35)25(14-20-8-4-3-5-9-20)33(17-21-12-13-22(29)15-23(21)30)27(34)18-36-26-11-7-6-10-24(26)31/h3-13,15,19,25H,14,16-18H2,1-2H3,(H,32,35)/t25-/m0/s1. The van der Waals surface area contributed by atoms with Gasteiger partial charge in [0.2, 0.25) is 5.91 Å². The number of amides is 2. The van der Waals surface area contributed by atoms with E-state index in [1.165, 1.54) is 23.1 Å². The Morgan fingerprint density at radius 1 is 1.00 bits per heavy atom. The maximum absolute atomic E-state index is 14.1. The molecule has 0 bridgehead atoms. The van der Waals surface area contributed by atoms with Crippen molar-refractivity contribution in [3.05, 3.63) is 99.8 Å². The summed E-state index contributed by atoms with van der Waals surface area (Å²) in [7, 11) is 0. The van der Waals surface area contributed by atoms with Gasteiger partial charge in [-0.15, -0.1) is 0 Å². The average Bonchev–Trinajstić information content (AvgIpc) is 2.85. The molecular weight excluding hydrogens is 502 g/mol. The minimum atomic E-state index is -0.852. The molecule has 0 aliphatic carbocycles. The Bertz CT molecular complexity index is 1170. The summed E-state index contributed by atoms with van der Waals surface area (Å²) in [5, 5.41) is 3.77. The molecule has 3 aromatic rings. The number of ether oxygens (including phenoxy) is 1. The number of nitrogens with zero attached hydrogens (tertiary/aromatic N) is 1. The molecule has 0 saturated carbocycles. The Hall–Kier alpha value is -3.09. The molecule has 5 nitrogen and oxygen atoms in total. The number of hydrogen-bond donors (Lipinski definition) is 1. The van der Waals surface area contributed by atoms with Gasteiger partial charge in [0.25, 0.3) is 5.91 Å². The summed E-state index contributed by atoms with van der Waals surface area (Å²) in [6.45, 7) is 4.03. The van der Waals surface area contributed by atoms with Crippen LogP contribution in [0.3, 0.4) is 0 Å². The number of carbonyl (C=O) groups is 2. The monoisotopic (exact) mass is 530 g/mol. The highest BCUT2D eigenvalue weighted by Gasteiger charge is 2.31. The van der Waals surface area contributed by atoms with E-state index in [2.05, 4.69) is 5.32 Å². The first-order valence-electron chi connectivity index (χ1n) is 11.7. The van der Waals surface area contributed by atoms with Crippen molar-refractivity contribution in [2.45, 2.75) is 32.9 Å². The van der Waals surface area contributed by atoms with E-state index in [1.54, 1.807) is 24.3 Å². The van der Waals surface area contributed by atoms with E-state index >= 15 is 0 Å². The summed E-state index contributed by atoms with van der Waals surface area (Å²) >= 11 is 12.5. The minimum absolute atomic E-state index is 0.0424. The first-order valence-corrected chi connectivity index (χ1v) is 12.4. The summed E-state index contributed by atoms with van der Waals surface area (Å²) in [5.41, 5.74) is 1.51. The van der Waals surface area contributed by atoms with Crippen molar-refractivity contribution in [3.8, 4) is 5.75 Å². The number of halogens is 3. The Kier molecular flexibility index (Phi) is 10.1. The fourth-order valence-corrected chi connectivity index (χ4v) is 4.06. The molecule has 0 aromatic heterocycles. The lowest BCUT2D eigenvalue weighted by atomic mass is 10.0. The highest BCUT2D eigenvalue weighted by Crippen LogP contribution is 2.24. The lowest BCUT2D eigenvalue weighted by Gasteiger charge is -2.32. The third-order valence-electron chi connectivity index (χ3n) is 5.50. The molecular formula is C28H29Cl2FN2O3. The van der Waals surface area contributed by atoms with Gasteiger partial charge in [-0.2, -0.15) is 0 Å². The van der Waals surface area contributed by atoms with Gasteiger partial charge in [-0.3, -0.25) is 9.59 Å². The van der Waals surface area contributed by atoms with Gasteiger partial charge in [-0.25, -0.2) is 4.39 Å². The molecule has 0 radical (unpaired) electrons. The number of para-hydroxylation sites is 1. The van der Waals surface area contributed by atoms with E-state index in [0.717, 1.165) is 5.56 Å². The Balaban J connectivity index is 1.94. The van der Waals surface area contributed by atoms with Gasteiger partial charge < -0.3 is 15.0 Å². The van der Waals surface area contributed by atoms with Crippen LogP contribution >= 0.6 is 23.2 Å². The smallest absolute Gasteiger partial charge is 0.261 e. The maximum atomic E-state index is 14.1. The van der Waals surface area contributed by atoms with Crippen LogP contribution < -0.4 is 10.1 Å². The van der Waals surface area contributed by atoms with Crippen molar-refractivity contribution >= 4 is 35.0 Å². The van der Waals surface area contributed by atoms with Crippen molar-refractivity contribution in [2.24, 2.45) is 5.92 Å². The third-order valence-corrected chi connectivity index (χ3v) is 6.09. The largest absolute Gasteiger partial charge is 0.481 e. The molecule has 2 amide bonds. The van der Waals surface area contributed by atoms with Crippen molar-refractivity contribution in [1.82, 2.24) is 10.2 Å². The molecule has 190 valence electrons. The molecule has 3 rings (SSSR count). The van der Waals surface area contributed by atoms with Crippen LogP contribution in [0.5, 0.6) is 5.75 Å². The lowest BCUT2D eigenvalue weighted by molar-refractivity contribution is -0.142. The second kappa shape index (κ2) is 13.3. The van der Waals surface area contributed by atoms with Crippen LogP contribution in [0.25, 0.3) is 0 Å². The lowest BCUT2D eigenvalue weighted by Crippen LogP contribution is -2.52. The number of benzene rings is 3. The summed E-state index contributed by atoms with van der Waals surface area (Å²) in [6, 6.07) is 19.4. The van der Waals surface area contributed by atoms with Crippen LogP contribution in [-0.2, 0) is 22.6 Å². The topological polar surface area (TPSA) is 58.6 Å². The zero-order chi connectivity index (χ0) is 26.1. The van der Waals surface area contributed by atoms with Crippen LogP contribution in [0.15, 0.2) is 72.8 Å². The SMILES string of the molecule is CC(C)CNC(=O)[C@H](Cc1ccccc1)N(Cc1ccc(Cl)cc1Cl)C(=O)COc1ccccc1F. The Labute approximate surface area is 221 Å². The van der Waals surface area contributed by atoms with Crippen LogP contribution in [-0.4, -0.2) is 35.9 Å². The number of hydrogen-bond acceptors (Lipinski definition) is 3. The molecule has 0 unspecified atom stereocenters. The van der Waals surface area contributed by atoms with Gasteiger partial charge in [0.1, 0.15) is 6.04 Å². The first kappa shape index (κ1) is 27.5. The molecule has 0 aliphatic heterocycles. The molecule has 0 heterocycles. The zero-order valence-corrected chi connectivity index (χ0v) is 21.7. The second-order valence-electron chi connectivity index (χ2n) is 8.82. The van der Waals surface area contributed by atoms with Gasteiger partial charge in [-0.1, -0.05) is 85.6 Å². The van der Waals surface area contributed by atoms with Gasteiger partial charge >= 0.3 is 0 Å². The molecule has 1 atom stereocenters. The average molecular weight is 531 g/mol. The molecule has 36 heavy (non-hydrogen) atoms. The second-order valence-corrected chi connectivity index (χ2v) is 9.66. The minimum Gasteiger partial charge on any atom is -0.481 e. The normalized spacial score (nSPS) is 11.7. The van der Waals surface area contributed by atoms with E-state index in [0.29, 0.717) is 22.2 Å². The van der Waals surface area contributed by atoms with Crippen LogP contribution in [0.2, 0.25) is 10.0 Å². The molecule has 0 fully saturated rings. The zero-order valence-electron chi connectivity index (χ0n) is 20.2. The van der Waals surface area contributed by atoms with Gasteiger partial charge in [-0.05, 0) is 41.3 Å². The van der Waals surface area contributed by atoms with E-state index < -0.39 is 24.4 Å². The molecule has 0 aliphatic rings. The van der Waals surface area contributed by atoms with Crippen LogP contribution in [0.1, 0.15) is 25.0 Å². The molecule has 8 heteroatoms. The summed E-state index contributed by atoms with van der Waals surface area (Å²) in [6.07, 6.45) is 0.279. The van der Waals surface area contributed by atoms with Crippen molar-refractivity contribution < 1.29 is 18.7 Å². The quantitative estimate of drug-likeness (QED) is 0.334.